The van der Waals surface area contributed by atoms with Crippen molar-refractivity contribution in [3.63, 3.8) is 0 Å². The van der Waals surface area contributed by atoms with Crippen LogP contribution in [0.15, 0.2) is 18.2 Å². The van der Waals surface area contributed by atoms with E-state index in [0.717, 1.165) is 0 Å². The van der Waals surface area contributed by atoms with Crippen LogP contribution < -0.4 is 0 Å². The summed E-state index contributed by atoms with van der Waals surface area (Å²) in [6, 6.07) is 4.24. The van der Waals surface area contributed by atoms with Gasteiger partial charge in [0.05, 0.1) is 0 Å². The van der Waals surface area contributed by atoms with Crippen molar-refractivity contribution in [3.05, 3.63) is 35.1 Å². The van der Waals surface area contributed by atoms with E-state index >= 15 is 0 Å². The van der Waals surface area contributed by atoms with E-state index in [1.807, 2.05) is 18.7 Å². The van der Waals surface area contributed by atoms with E-state index in [1.165, 1.54) is 12.1 Å². The zero-order chi connectivity index (χ0) is 18.8. The quantitative estimate of drug-likeness (QED) is 0.797. The van der Waals surface area contributed by atoms with Gasteiger partial charge in [0.1, 0.15) is 5.82 Å². The normalized spacial score (nSPS) is 19.0. The number of halogens is 3. The zero-order valence-corrected chi connectivity index (χ0v) is 15.4. The highest BCUT2D eigenvalue weighted by molar-refractivity contribution is 5.94. The summed E-state index contributed by atoms with van der Waals surface area (Å²) in [5, 5.41) is 0. The first kappa shape index (κ1) is 19.8. The highest BCUT2D eigenvalue weighted by atomic mass is 19.3. The van der Waals surface area contributed by atoms with Crippen molar-refractivity contribution in [1.29, 1.82) is 0 Å². The Labute approximate surface area is 147 Å². The lowest BCUT2D eigenvalue weighted by atomic mass is 9.99. The van der Waals surface area contributed by atoms with Gasteiger partial charge in [0, 0.05) is 51.1 Å². The summed E-state index contributed by atoms with van der Waals surface area (Å²) < 4.78 is 40.1. The molecule has 1 aliphatic heterocycles. The number of carbonyl (C=O) groups excluding carboxylic acids is 1. The maximum absolute atomic E-state index is 13.4. The van der Waals surface area contributed by atoms with Crippen LogP contribution in [0.5, 0.6) is 0 Å². The number of carbonyl (C=O) groups is 1. The van der Waals surface area contributed by atoms with Crippen LogP contribution in [0.25, 0.3) is 0 Å². The number of amides is 1. The van der Waals surface area contributed by atoms with Crippen molar-refractivity contribution in [2.45, 2.75) is 45.6 Å². The van der Waals surface area contributed by atoms with Crippen LogP contribution >= 0.6 is 0 Å². The third-order valence-electron chi connectivity index (χ3n) is 5.03. The fourth-order valence-electron chi connectivity index (χ4n) is 3.24. The molecular formula is C19H27F3N2O. The van der Waals surface area contributed by atoms with Crippen molar-refractivity contribution in [3.8, 4) is 0 Å². The number of hydrogen-bond acceptors (Lipinski definition) is 2. The smallest absolute Gasteiger partial charge is 0.253 e. The number of nitrogens with zero attached hydrogens (tertiary/aromatic N) is 2. The number of rotatable bonds is 5. The number of likely N-dealkylation sites (tertiary alicyclic amines) is 1. The maximum Gasteiger partial charge on any atom is 0.253 e. The summed E-state index contributed by atoms with van der Waals surface area (Å²) in [6.07, 6.45) is -0.265. The average Bonchev–Trinajstić information content (AvgIpc) is 2.55. The molecule has 1 saturated heterocycles. The largest absolute Gasteiger partial charge is 0.337 e. The highest BCUT2D eigenvalue weighted by Crippen LogP contribution is 2.28. The van der Waals surface area contributed by atoms with E-state index in [1.54, 1.807) is 24.9 Å². The first-order valence-corrected chi connectivity index (χ1v) is 8.74. The van der Waals surface area contributed by atoms with Gasteiger partial charge in [-0.15, -0.1) is 0 Å². The predicted molar refractivity (Wildman–Crippen MR) is 92.5 cm³/mol. The summed E-state index contributed by atoms with van der Waals surface area (Å²) in [6.45, 7) is 6.91. The fourth-order valence-corrected chi connectivity index (χ4v) is 3.24. The van der Waals surface area contributed by atoms with Gasteiger partial charge in [-0.3, -0.25) is 4.79 Å². The molecule has 0 bridgehead atoms. The van der Waals surface area contributed by atoms with Crippen LogP contribution in [-0.4, -0.2) is 54.4 Å². The van der Waals surface area contributed by atoms with Crippen LogP contribution in [-0.2, 0) is 0 Å². The van der Waals surface area contributed by atoms with E-state index in [0.29, 0.717) is 30.8 Å². The van der Waals surface area contributed by atoms with Crippen LogP contribution in [0.2, 0.25) is 0 Å². The molecule has 3 nitrogen and oxygen atoms in total. The molecule has 25 heavy (non-hydrogen) atoms. The van der Waals surface area contributed by atoms with Gasteiger partial charge in [-0.05, 0) is 36.6 Å². The summed E-state index contributed by atoms with van der Waals surface area (Å²) in [7, 11) is 1.73. The van der Waals surface area contributed by atoms with Crippen LogP contribution in [0.4, 0.5) is 13.2 Å². The first-order valence-electron chi connectivity index (χ1n) is 8.74. The highest BCUT2D eigenvalue weighted by Gasteiger charge is 2.35. The molecule has 1 aromatic rings. The van der Waals surface area contributed by atoms with Crippen molar-refractivity contribution < 1.29 is 18.0 Å². The lowest BCUT2D eigenvalue weighted by Crippen LogP contribution is -2.50. The summed E-state index contributed by atoms with van der Waals surface area (Å²) in [5.74, 6) is -2.91. The molecule has 2 rings (SSSR count). The van der Waals surface area contributed by atoms with E-state index in [4.69, 9.17) is 0 Å². The summed E-state index contributed by atoms with van der Waals surface area (Å²) in [4.78, 5) is 16.4. The predicted octanol–water partition coefficient (Wildman–Crippen LogP) is 3.96. The Balaban J connectivity index is 2.08. The van der Waals surface area contributed by atoms with Crippen molar-refractivity contribution in [2.75, 3.05) is 26.7 Å². The molecule has 0 aromatic heterocycles. The summed E-state index contributed by atoms with van der Waals surface area (Å²) in [5.41, 5.74) is 0.871. The number of hydrogen-bond donors (Lipinski definition) is 0. The second kappa shape index (κ2) is 7.77. The van der Waals surface area contributed by atoms with Crippen LogP contribution in [0.1, 0.15) is 42.6 Å². The SMILES string of the molecule is Cc1cc(C(=O)N(C)[C@H](CN2CCC(F)(F)CC2)C(C)C)ccc1F. The molecule has 1 aliphatic rings. The molecular weight excluding hydrogens is 329 g/mol. The molecule has 0 aliphatic carbocycles. The molecule has 1 amide bonds. The third kappa shape index (κ3) is 4.97. The second-order valence-corrected chi connectivity index (χ2v) is 7.35. The second-order valence-electron chi connectivity index (χ2n) is 7.35. The molecule has 1 atom stereocenters. The minimum Gasteiger partial charge on any atom is -0.337 e. The minimum atomic E-state index is -2.57. The Morgan fingerprint density at radius 3 is 2.40 bits per heavy atom. The lowest BCUT2D eigenvalue weighted by molar-refractivity contribution is -0.0590. The Hall–Kier alpha value is -1.56. The minimum absolute atomic E-state index is 0.0930. The topological polar surface area (TPSA) is 23.6 Å². The number of likely N-dealkylation sites (N-methyl/N-ethyl adjacent to an activating group) is 1. The van der Waals surface area contributed by atoms with Crippen molar-refractivity contribution in [2.24, 2.45) is 5.92 Å². The standard InChI is InChI=1S/C19H27F3N2O/c1-13(2)17(12-24-9-7-19(21,22)8-10-24)23(4)18(25)15-5-6-16(20)14(3)11-15/h5-6,11,13,17H,7-10,12H2,1-4H3/t17-/m1/s1. The van der Waals surface area contributed by atoms with Gasteiger partial charge in [-0.2, -0.15) is 0 Å². The number of alkyl halides is 2. The van der Waals surface area contributed by atoms with E-state index in [2.05, 4.69) is 0 Å². The monoisotopic (exact) mass is 356 g/mol. The van der Waals surface area contributed by atoms with Gasteiger partial charge in [-0.1, -0.05) is 13.8 Å². The van der Waals surface area contributed by atoms with Crippen LogP contribution in [0.3, 0.4) is 0 Å². The van der Waals surface area contributed by atoms with Gasteiger partial charge >= 0.3 is 0 Å². The van der Waals surface area contributed by atoms with E-state index < -0.39 is 5.92 Å². The first-order chi connectivity index (χ1) is 11.6. The molecule has 0 N–H and O–H groups in total. The Kier molecular flexibility index (Phi) is 6.14. The van der Waals surface area contributed by atoms with Gasteiger partial charge in [0.15, 0.2) is 0 Å². The lowest BCUT2D eigenvalue weighted by Gasteiger charge is -2.38. The molecule has 0 saturated carbocycles. The van der Waals surface area contributed by atoms with Crippen molar-refractivity contribution in [1.82, 2.24) is 9.80 Å². The Morgan fingerprint density at radius 2 is 1.88 bits per heavy atom. The van der Waals surface area contributed by atoms with E-state index in [9.17, 15) is 18.0 Å². The average molecular weight is 356 g/mol. The molecule has 6 heteroatoms. The van der Waals surface area contributed by atoms with Gasteiger partial charge < -0.3 is 9.80 Å². The number of piperidine rings is 1. The number of aryl methyl sites for hydroxylation is 1. The van der Waals surface area contributed by atoms with Gasteiger partial charge in [0.2, 0.25) is 0 Å². The zero-order valence-electron chi connectivity index (χ0n) is 15.4. The molecule has 1 fully saturated rings. The molecule has 0 spiro atoms. The fraction of sp³-hybridized carbons (Fsp3) is 0.632. The van der Waals surface area contributed by atoms with Crippen LogP contribution in [0, 0.1) is 18.7 Å². The molecule has 0 radical (unpaired) electrons. The number of benzene rings is 1. The van der Waals surface area contributed by atoms with Gasteiger partial charge in [-0.25, -0.2) is 13.2 Å². The van der Waals surface area contributed by atoms with Crippen molar-refractivity contribution >= 4 is 5.91 Å². The van der Waals surface area contributed by atoms with Gasteiger partial charge in [0.25, 0.3) is 11.8 Å². The Morgan fingerprint density at radius 1 is 1.28 bits per heavy atom. The third-order valence-corrected chi connectivity index (χ3v) is 5.03. The van der Waals surface area contributed by atoms with E-state index in [-0.39, 0.29) is 36.5 Å². The Bertz CT molecular complexity index is 609. The molecule has 1 heterocycles. The molecule has 1 aromatic carbocycles. The summed E-state index contributed by atoms with van der Waals surface area (Å²) >= 11 is 0. The molecule has 0 unspecified atom stereocenters. The maximum atomic E-state index is 13.4. The molecule has 140 valence electrons.